The molecule has 0 aliphatic rings. The predicted molar refractivity (Wildman–Crippen MR) is 103 cm³/mol. The van der Waals surface area contributed by atoms with E-state index in [1.807, 2.05) is 41.4 Å². The summed E-state index contributed by atoms with van der Waals surface area (Å²) in [6.07, 6.45) is 5.54. The topological polar surface area (TPSA) is 50.2 Å². The highest BCUT2D eigenvalue weighted by molar-refractivity contribution is 5.93. The molecule has 134 valence electrons. The van der Waals surface area contributed by atoms with Gasteiger partial charge in [-0.15, -0.1) is 0 Å². The lowest BCUT2D eigenvalue weighted by Gasteiger charge is -2.19. The van der Waals surface area contributed by atoms with E-state index in [0.717, 1.165) is 18.8 Å². The van der Waals surface area contributed by atoms with Gasteiger partial charge in [-0.1, -0.05) is 18.2 Å². The van der Waals surface area contributed by atoms with Crippen LogP contribution in [0.3, 0.4) is 0 Å². The normalized spacial score (nSPS) is 10.9. The molecule has 3 rings (SSSR count). The molecule has 0 spiro atoms. The molecule has 0 atom stereocenters. The summed E-state index contributed by atoms with van der Waals surface area (Å²) in [5.41, 5.74) is 5.56. The molecule has 0 saturated heterocycles. The molecular formula is C21H24N4O. The Morgan fingerprint density at radius 2 is 1.92 bits per heavy atom. The van der Waals surface area contributed by atoms with Gasteiger partial charge in [0.25, 0.3) is 5.91 Å². The number of aromatic nitrogens is 2. The largest absolute Gasteiger partial charge is 0.355 e. The SMILES string of the molecule is CNC(=O)c1ccc(CN(C)Cc2ccc(-n3ccnc3)cc2C)cc1. The highest BCUT2D eigenvalue weighted by atomic mass is 16.1. The second kappa shape index (κ2) is 7.97. The quantitative estimate of drug-likeness (QED) is 0.744. The molecule has 0 unspecified atom stereocenters. The van der Waals surface area contributed by atoms with Crippen molar-refractivity contribution in [2.75, 3.05) is 14.1 Å². The Balaban J connectivity index is 1.64. The molecule has 26 heavy (non-hydrogen) atoms. The Bertz CT molecular complexity index is 870. The molecule has 2 aromatic carbocycles. The smallest absolute Gasteiger partial charge is 0.251 e. The first kappa shape index (κ1) is 17.9. The van der Waals surface area contributed by atoms with E-state index < -0.39 is 0 Å². The number of hydrogen-bond donors (Lipinski definition) is 1. The summed E-state index contributed by atoms with van der Waals surface area (Å²) in [5.74, 6) is -0.0569. The van der Waals surface area contributed by atoms with Crippen LogP contribution >= 0.6 is 0 Å². The molecule has 3 aromatic rings. The van der Waals surface area contributed by atoms with Gasteiger partial charge < -0.3 is 9.88 Å². The zero-order valence-corrected chi connectivity index (χ0v) is 15.4. The zero-order chi connectivity index (χ0) is 18.5. The van der Waals surface area contributed by atoms with Gasteiger partial charge in [-0.25, -0.2) is 4.98 Å². The van der Waals surface area contributed by atoms with Gasteiger partial charge in [0.1, 0.15) is 0 Å². The number of nitrogens with one attached hydrogen (secondary N) is 1. The Morgan fingerprint density at radius 3 is 2.54 bits per heavy atom. The number of hydrogen-bond acceptors (Lipinski definition) is 3. The van der Waals surface area contributed by atoms with E-state index in [9.17, 15) is 4.79 Å². The van der Waals surface area contributed by atoms with Gasteiger partial charge >= 0.3 is 0 Å². The Morgan fingerprint density at radius 1 is 1.15 bits per heavy atom. The fourth-order valence-electron chi connectivity index (χ4n) is 2.99. The third-order valence-electron chi connectivity index (χ3n) is 4.46. The second-order valence-electron chi connectivity index (χ2n) is 6.53. The lowest BCUT2D eigenvalue weighted by molar-refractivity contribution is 0.0963. The van der Waals surface area contributed by atoms with Crippen molar-refractivity contribution in [2.24, 2.45) is 0 Å². The lowest BCUT2D eigenvalue weighted by Crippen LogP contribution is -2.19. The van der Waals surface area contributed by atoms with Crippen LogP contribution in [0.1, 0.15) is 27.0 Å². The summed E-state index contributed by atoms with van der Waals surface area (Å²) in [6, 6.07) is 14.2. The molecule has 0 radical (unpaired) electrons. The number of carbonyl (C=O) groups is 1. The third kappa shape index (κ3) is 4.18. The van der Waals surface area contributed by atoms with Gasteiger partial charge in [-0.2, -0.15) is 0 Å². The summed E-state index contributed by atoms with van der Waals surface area (Å²) in [5, 5.41) is 2.64. The van der Waals surface area contributed by atoms with Crippen LogP contribution < -0.4 is 5.32 Å². The van der Waals surface area contributed by atoms with E-state index in [0.29, 0.717) is 5.56 Å². The maximum absolute atomic E-state index is 11.6. The molecule has 5 heteroatoms. The lowest BCUT2D eigenvalue weighted by atomic mass is 10.1. The van der Waals surface area contributed by atoms with Gasteiger partial charge in [0.2, 0.25) is 0 Å². The number of carbonyl (C=O) groups excluding carboxylic acids is 1. The summed E-state index contributed by atoms with van der Waals surface area (Å²) >= 11 is 0. The first-order valence-corrected chi connectivity index (χ1v) is 8.64. The molecule has 0 fully saturated rings. The number of rotatable bonds is 6. The minimum Gasteiger partial charge on any atom is -0.355 e. The number of amides is 1. The van der Waals surface area contributed by atoms with Crippen molar-refractivity contribution < 1.29 is 4.79 Å². The van der Waals surface area contributed by atoms with Crippen molar-refractivity contribution in [1.82, 2.24) is 19.8 Å². The highest BCUT2D eigenvalue weighted by Gasteiger charge is 2.07. The molecule has 1 amide bonds. The summed E-state index contributed by atoms with van der Waals surface area (Å²) in [6.45, 7) is 3.84. The molecular weight excluding hydrogens is 324 g/mol. The van der Waals surface area contributed by atoms with E-state index in [1.54, 1.807) is 13.2 Å². The van der Waals surface area contributed by atoms with Crippen molar-refractivity contribution in [2.45, 2.75) is 20.0 Å². The molecule has 1 heterocycles. The van der Waals surface area contributed by atoms with Crippen molar-refractivity contribution in [3.63, 3.8) is 0 Å². The van der Waals surface area contributed by atoms with Gasteiger partial charge in [0.05, 0.1) is 6.33 Å². The van der Waals surface area contributed by atoms with E-state index in [4.69, 9.17) is 0 Å². The van der Waals surface area contributed by atoms with Crippen molar-refractivity contribution in [3.8, 4) is 5.69 Å². The Hall–Kier alpha value is -2.92. The molecule has 0 saturated carbocycles. The van der Waals surface area contributed by atoms with Crippen molar-refractivity contribution >= 4 is 5.91 Å². The molecule has 0 aliphatic carbocycles. The molecule has 1 aromatic heterocycles. The van der Waals surface area contributed by atoms with Crippen LogP contribution in [-0.2, 0) is 13.1 Å². The standard InChI is InChI=1S/C21H24N4O/c1-16-12-20(25-11-10-23-15-25)9-8-19(16)14-24(3)13-17-4-6-18(7-5-17)21(26)22-2/h4-12,15H,13-14H2,1-3H3,(H,22,26). The maximum Gasteiger partial charge on any atom is 0.251 e. The Labute approximate surface area is 154 Å². The summed E-state index contributed by atoms with van der Waals surface area (Å²) < 4.78 is 2.01. The summed E-state index contributed by atoms with van der Waals surface area (Å²) in [4.78, 5) is 18.0. The third-order valence-corrected chi connectivity index (χ3v) is 4.46. The fourth-order valence-corrected chi connectivity index (χ4v) is 2.99. The Kier molecular flexibility index (Phi) is 5.49. The first-order chi connectivity index (χ1) is 12.6. The van der Waals surface area contributed by atoms with E-state index >= 15 is 0 Å². The van der Waals surface area contributed by atoms with Gasteiger partial charge in [-0.05, 0) is 54.9 Å². The van der Waals surface area contributed by atoms with Crippen molar-refractivity contribution in [1.29, 1.82) is 0 Å². The van der Waals surface area contributed by atoms with Crippen LogP contribution in [0.15, 0.2) is 61.2 Å². The van der Waals surface area contributed by atoms with E-state index in [1.165, 1.54) is 16.7 Å². The minimum atomic E-state index is -0.0569. The molecule has 5 nitrogen and oxygen atoms in total. The first-order valence-electron chi connectivity index (χ1n) is 8.64. The van der Waals surface area contributed by atoms with Crippen LogP contribution in [0.4, 0.5) is 0 Å². The van der Waals surface area contributed by atoms with Crippen LogP contribution in [0, 0.1) is 6.92 Å². The monoisotopic (exact) mass is 348 g/mol. The van der Waals surface area contributed by atoms with E-state index in [-0.39, 0.29) is 5.91 Å². The van der Waals surface area contributed by atoms with Crippen molar-refractivity contribution in [3.05, 3.63) is 83.4 Å². The van der Waals surface area contributed by atoms with Gasteiger partial charge in [0.15, 0.2) is 0 Å². The van der Waals surface area contributed by atoms with Crippen LogP contribution in [0.25, 0.3) is 5.69 Å². The maximum atomic E-state index is 11.6. The number of imidazole rings is 1. The summed E-state index contributed by atoms with van der Waals surface area (Å²) in [7, 11) is 3.75. The molecule has 1 N–H and O–H groups in total. The second-order valence-corrected chi connectivity index (χ2v) is 6.53. The highest BCUT2D eigenvalue weighted by Crippen LogP contribution is 2.17. The molecule has 0 aliphatic heterocycles. The van der Waals surface area contributed by atoms with Gasteiger partial charge in [0, 0.05) is 43.8 Å². The van der Waals surface area contributed by atoms with Crippen LogP contribution in [0.5, 0.6) is 0 Å². The zero-order valence-electron chi connectivity index (χ0n) is 15.4. The van der Waals surface area contributed by atoms with Gasteiger partial charge in [-0.3, -0.25) is 9.69 Å². The minimum absolute atomic E-state index is 0.0569. The number of benzene rings is 2. The fraction of sp³-hybridized carbons (Fsp3) is 0.238. The molecule has 0 bridgehead atoms. The van der Waals surface area contributed by atoms with Crippen LogP contribution in [-0.4, -0.2) is 34.5 Å². The number of nitrogens with zero attached hydrogens (tertiary/aromatic N) is 3. The van der Waals surface area contributed by atoms with E-state index in [2.05, 4.69) is 47.4 Å². The van der Waals surface area contributed by atoms with Crippen LogP contribution in [0.2, 0.25) is 0 Å². The average molecular weight is 348 g/mol. The predicted octanol–water partition coefficient (Wildman–Crippen LogP) is 3.17. The average Bonchev–Trinajstić information content (AvgIpc) is 3.18. The number of aryl methyl sites for hydroxylation is 1.